The SMILES string of the molecule is Cc1c(I)c(C(=O)O)nn1C(F)F. The van der Waals surface area contributed by atoms with E-state index in [4.69, 9.17) is 5.11 Å². The van der Waals surface area contributed by atoms with E-state index in [1.54, 1.807) is 22.6 Å². The maximum atomic E-state index is 12.2. The van der Waals surface area contributed by atoms with Crippen LogP contribution in [0.3, 0.4) is 0 Å². The van der Waals surface area contributed by atoms with E-state index in [-0.39, 0.29) is 15.0 Å². The monoisotopic (exact) mass is 302 g/mol. The largest absolute Gasteiger partial charge is 0.476 e. The van der Waals surface area contributed by atoms with E-state index in [1.807, 2.05) is 0 Å². The molecular weight excluding hydrogens is 297 g/mol. The second-order valence-corrected chi connectivity index (χ2v) is 3.35. The Labute approximate surface area is 85.7 Å². The van der Waals surface area contributed by atoms with Gasteiger partial charge in [0.2, 0.25) is 0 Å². The Bertz CT molecular complexity index is 351. The summed E-state index contributed by atoms with van der Waals surface area (Å²) in [6.45, 7) is -1.41. The van der Waals surface area contributed by atoms with Gasteiger partial charge in [0.15, 0.2) is 5.69 Å². The van der Waals surface area contributed by atoms with Crippen molar-refractivity contribution in [2.45, 2.75) is 13.5 Å². The van der Waals surface area contributed by atoms with Gasteiger partial charge in [0.1, 0.15) is 0 Å². The second kappa shape index (κ2) is 3.56. The predicted octanol–water partition coefficient (Wildman–Crippen LogP) is 1.89. The quantitative estimate of drug-likeness (QED) is 0.849. The lowest BCUT2D eigenvalue weighted by Crippen LogP contribution is -2.04. The fourth-order valence-electron chi connectivity index (χ4n) is 0.825. The van der Waals surface area contributed by atoms with Gasteiger partial charge in [-0.05, 0) is 29.5 Å². The van der Waals surface area contributed by atoms with E-state index in [2.05, 4.69) is 5.10 Å². The number of hydrogen-bond donors (Lipinski definition) is 1. The molecule has 0 saturated heterocycles. The Morgan fingerprint density at radius 1 is 1.69 bits per heavy atom. The molecule has 7 heteroatoms. The first-order valence-electron chi connectivity index (χ1n) is 3.21. The molecule has 1 aromatic rings. The molecule has 0 fully saturated rings. The van der Waals surface area contributed by atoms with Gasteiger partial charge in [-0.15, -0.1) is 0 Å². The molecule has 0 aliphatic heterocycles. The minimum Gasteiger partial charge on any atom is -0.476 e. The number of alkyl halides is 2. The van der Waals surface area contributed by atoms with Crippen LogP contribution >= 0.6 is 22.6 Å². The van der Waals surface area contributed by atoms with Gasteiger partial charge < -0.3 is 5.11 Å². The zero-order chi connectivity index (χ0) is 10.2. The summed E-state index contributed by atoms with van der Waals surface area (Å²) < 4.78 is 25.0. The summed E-state index contributed by atoms with van der Waals surface area (Å²) in [7, 11) is 0. The van der Waals surface area contributed by atoms with Crippen molar-refractivity contribution in [1.29, 1.82) is 0 Å². The molecule has 13 heavy (non-hydrogen) atoms. The van der Waals surface area contributed by atoms with Crippen LogP contribution < -0.4 is 0 Å². The third kappa shape index (κ3) is 1.79. The van der Waals surface area contributed by atoms with Crippen molar-refractivity contribution in [3.8, 4) is 0 Å². The number of carboxylic acid groups (broad SMARTS) is 1. The Morgan fingerprint density at radius 2 is 2.23 bits per heavy atom. The minimum atomic E-state index is -2.80. The third-order valence-corrected chi connectivity index (χ3v) is 2.76. The molecule has 0 unspecified atom stereocenters. The minimum absolute atomic E-state index is 0.160. The van der Waals surface area contributed by atoms with Crippen LogP contribution in [0.2, 0.25) is 0 Å². The molecule has 0 spiro atoms. The van der Waals surface area contributed by atoms with Gasteiger partial charge in [0.25, 0.3) is 0 Å². The molecular formula is C6H5F2IN2O2. The number of carbonyl (C=O) groups is 1. The summed E-state index contributed by atoms with van der Waals surface area (Å²) in [6, 6.07) is 0. The average molecular weight is 302 g/mol. The van der Waals surface area contributed by atoms with Gasteiger partial charge in [-0.3, -0.25) is 0 Å². The highest BCUT2D eigenvalue weighted by Gasteiger charge is 2.21. The van der Waals surface area contributed by atoms with Gasteiger partial charge in [-0.25, -0.2) is 9.48 Å². The maximum Gasteiger partial charge on any atom is 0.357 e. The fourth-order valence-corrected chi connectivity index (χ4v) is 1.41. The Kier molecular flexibility index (Phi) is 2.84. The lowest BCUT2D eigenvalue weighted by molar-refractivity contribution is 0.0526. The number of hydrogen-bond acceptors (Lipinski definition) is 2. The molecule has 0 amide bonds. The number of aromatic carboxylic acids is 1. The van der Waals surface area contributed by atoms with Gasteiger partial charge in [-0.2, -0.15) is 13.9 Å². The summed E-state index contributed by atoms with van der Waals surface area (Å²) in [6.07, 6.45) is 0. The highest BCUT2D eigenvalue weighted by atomic mass is 127. The van der Waals surface area contributed by atoms with Crippen molar-refractivity contribution >= 4 is 28.6 Å². The number of nitrogens with zero attached hydrogens (tertiary/aromatic N) is 2. The summed E-state index contributed by atoms with van der Waals surface area (Å²) >= 11 is 1.68. The van der Waals surface area contributed by atoms with Crippen molar-refractivity contribution < 1.29 is 18.7 Å². The first-order chi connectivity index (χ1) is 5.95. The zero-order valence-corrected chi connectivity index (χ0v) is 8.62. The van der Waals surface area contributed by atoms with Crippen LogP contribution in [0.5, 0.6) is 0 Å². The first kappa shape index (κ1) is 10.4. The molecule has 0 radical (unpaired) electrons. The molecule has 0 aliphatic carbocycles. The standard InChI is InChI=1S/C6H5F2IN2O2/c1-2-3(9)4(5(12)13)10-11(2)6(7)8/h6H,1H3,(H,12,13). The van der Waals surface area contributed by atoms with Crippen molar-refractivity contribution in [2.24, 2.45) is 0 Å². The number of halogens is 3. The van der Waals surface area contributed by atoms with Crippen LogP contribution in [0.1, 0.15) is 22.7 Å². The molecule has 0 bridgehead atoms. The summed E-state index contributed by atoms with van der Waals surface area (Å²) in [4.78, 5) is 10.5. The Hall–Kier alpha value is -0.730. The number of carboxylic acids is 1. The first-order valence-corrected chi connectivity index (χ1v) is 4.29. The smallest absolute Gasteiger partial charge is 0.357 e. The van der Waals surface area contributed by atoms with Crippen molar-refractivity contribution in [2.75, 3.05) is 0 Å². The third-order valence-electron chi connectivity index (χ3n) is 1.46. The van der Waals surface area contributed by atoms with Crippen LogP contribution in [0.4, 0.5) is 8.78 Å². The highest BCUT2D eigenvalue weighted by molar-refractivity contribution is 14.1. The van der Waals surface area contributed by atoms with Crippen molar-refractivity contribution in [3.63, 3.8) is 0 Å². The average Bonchev–Trinajstić information content (AvgIpc) is 2.29. The normalized spacial score (nSPS) is 10.8. The lowest BCUT2D eigenvalue weighted by Gasteiger charge is -1.99. The van der Waals surface area contributed by atoms with Crippen molar-refractivity contribution in [3.05, 3.63) is 15.0 Å². The maximum absolute atomic E-state index is 12.2. The molecule has 0 aliphatic rings. The molecule has 4 nitrogen and oxygen atoms in total. The second-order valence-electron chi connectivity index (χ2n) is 2.28. The highest BCUT2D eigenvalue weighted by Crippen LogP contribution is 2.20. The van der Waals surface area contributed by atoms with Crippen molar-refractivity contribution in [1.82, 2.24) is 9.78 Å². The summed E-state index contributed by atoms with van der Waals surface area (Å²) in [5, 5.41) is 11.8. The van der Waals surface area contributed by atoms with Crippen LogP contribution in [0, 0.1) is 10.5 Å². The van der Waals surface area contributed by atoms with Crippen LogP contribution in [0.15, 0.2) is 0 Å². The van der Waals surface area contributed by atoms with E-state index in [0.29, 0.717) is 4.68 Å². The fraction of sp³-hybridized carbons (Fsp3) is 0.333. The Morgan fingerprint density at radius 3 is 2.46 bits per heavy atom. The van der Waals surface area contributed by atoms with E-state index in [9.17, 15) is 13.6 Å². The summed E-state index contributed by atoms with van der Waals surface area (Å²) in [5.74, 6) is -1.30. The topological polar surface area (TPSA) is 55.1 Å². The molecule has 72 valence electrons. The lowest BCUT2D eigenvalue weighted by atomic mass is 10.4. The van der Waals surface area contributed by atoms with E-state index < -0.39 is 12.5 Å². The Balaban J connectivity index is 3.28. The molecule has 1 heterocycles. The van der Waals surface area contributed by atoms with Gasteiger partial charge in [-0.1, -0.05) is 0 Å². The zero-order valence-electron chi connectivity index (χ0n) is 6.46. The van der Waals surface area contributed by atoms with E-state index >= 15 is 0 Å². The van der Waals surface area contributed by atoms with Gasteiger partial charge in [0, 0.05) is 0 Å². The van der Waals surface area contributed by atoms with E-state index in [1.165, 1.54) is 6.92 Å². The molecule has 1 rings (SSSR count). The molecule has 1 aromatic heterocycles. The molecule has 0 atom stereocenters. The number of aromatic nitrogens is 2. The van der Waals surface area contributed by atoms with E-state index in [0.717, 1.165) is 0 Å². The van der Waals surface area contributed by atoms with Crippen LogP contribution in [-0.4, -0.2) is 20.9 Å². The molecule has 0 saturated carbocycles. The van der Waals surface area contributed by atoms with Crippen LogP contribution in [0.25, 0.3) is 0 Å². The predicted molar refractivity (Wildman–Crippen MR) is 47.9 cm³/mol. The van der Waals surface area contributed by atoms with Crippen LogP contribution in [-0.2, 0) is 0 Å². The van der Waals surface area contributed by atoms with Gasteiger partial charge >= 0.3 is 12.5 Å². The molecule has 0 aromatic carbocycles. The molecule has 1 N–H and O–H groups in total. The summed E-state index contributed by atoms with van der Waals surface area (Å²) in [5.41, 5.74) is -0.175. The van der Waals surface area contributed by atoms with Gasteiger partial charge in [0.05, 0.1) is 9.26 Å². The number of rotatable bonds is 2.